The van der Waals surface area contributed by atoms with Crippen LogP contribution in [0.4, 0.5) is 0 Å². The van der Waals surface area contributed by atoms with Crippen LogP contribution < -0.4 is 16.4 Å². The van der Waals surface area contributed by atoms with Crippen LogP contribution in [-0.4, -0.2) is 31.4 Å². The number of likely N-dealkylation sites (N-methyl/N-ethyl adjacent to an activating group) is 1. The molecule has 0 saturated heterocycles. The molecule has 4 heteroatoms. The van der Waals surface area contributed by atoms with E-state index in [1.165, 1.54) is 0 Å². The molecule has 0 fully saturated rings. The summed E-state index contributed by atoms with van der Waals surface area (Å²) in [5, 5.41) is 6.37. The molecular weight excluding hydrogens is 182 g/mol. The number of nitrogens with two attached hydrogens (primary N) is 1. The quantitative estimate of drug-likeness (QED) is 0.431. The van der Waals surface area contributed by atoms with Gasteiger partial charge in [0.1, 0.15) is 0 Å². The summed E-state index contributed by atoms with van der Waals surface area (Å²) < 4.78 is 0. The Morgan fingerprint density at radius 3 is 2.85 bits per heavy atom. The van der Waals surface area contributed by atoms with E-state index in [-0.39, 0.29) is 6.04 Å². The lowest BCUT2D eigenvalue weighted by Gasteiger charge is -2.12. The van der Waals surface area contributed by atoms with E-state index in [0.29, 0.717) is 0 Å². The average Bonchev–Trinajstić information content (AvgIpc) is 2.05. The third-order valence-corrected chi connectivity index (χ3v) is 1.93. The molecular formula is C9H21N3S. The summed E-state index contributed by atoms with van der Waals surface area (Å²) >= 11 is 4.12. The van der Waals surface area contributed by atoms with Crippen LogP contribution in [0.1, 0.15) is 13.3 Å². The average molecular weight is 203 g/mol. The van der Waals surface area contributed by atoms with E-state index in [1.54, 1.807) is 0 Å². The first-order valence-electron chi connectivity index (χ1n) is 4.69. The highest BCUT2D eigenvalue weighted by Crippen LogP contribution is 1.89. The second-order valence-corrected chi connectivity index (χ2v) is 3.48. The van der Waals surface area contributed by atoms with Crippen molar-refractivity contribution in [3.8, 4) is 0 Å². The Morgan fingerprint density at radius 2 is 2.31 bits per heavy atom. The van der Waals surface area contributed by atoms with Gasteiger partial charge in [0.15, 0.2) is 0 Å². The first-order chi connectivity index (χ1) is 6.20. The number of rotatable bonds is 8. The molecule has 1 unspecified atom stereocenters. The van der Waals surface area contributed by atoms with Crippen molar-refractivity contribution in [2.24, 2.45) is 5.73 Å². The summed E-state index contributed by atoms with van der Waals surface area (Å²) in [6.45, 7) is 8.44. The van der Waals surface area contributed by atoms with Gasteiger partial charge in [0.25, 0.3) is 0 Å². The van der Waals surface area contributed by atoms with Crippen molar-refractivity contribution in [3.63, 3.8) is 0 Å². The maximum Gasteiger partial charge on any atom is 0.0348 e. The second-order valence-electron chi connectivity index (χ2n) is 3.04. The van der Waals surface area contributed by atoms with E-state index >= 15 is 0 Å². The lowest BCUT2D eigenvalue weighted by atomic mass is 10.2. The summed E-state index contributed by atoms with van der Waals surface area (Å²) in [4.78, 5) is 0. The van der Waals surface area contributed by atoms with Gasteiger partial charge in [-0.2, -0.15) is 12.6 Å². The van der Waals surface area contributed by atoms with Gasteiger partial charge in [-0.3, -0.25) is 0 Å². The van der Waals surface area contributed by atoms with Crippen LogP contribution >= 0.6 is 12.6 Å². The van der Waals surface area contributed by atoms with Gasteiger partial charge in [-0.05, 0) is 19.1 Å². The molecule has 0 heterocycles. The largest absolute Gasteiger partial charge is 0.388 e. The minimum Gasteiger partial charge on any atom is -0.388 e. The normalized spacial score (nSPS) is 12.5. The van der Waals surface area contributed by atoms with Crippen LogP contribution in [0.3, 0.4) is 0 Å². The Morgan fingerprint density at radius 1 is 1.62 bits per heavy atom. The van der Waals surface area contributed by atoms with E-state index in [2.05, 4.69) is 36.8 Å². The third kappa shape index (κ3) is 8.15. The van der Waals surface area contributed by atoms with E-state index in [1.807, 2.05) is 0 Å². The van der Waals surface area contributed by atoms with Crippen LogP contribution in [0, 0.1) is 0 Å². The molecule has 0 amide bonds. The molecule has 0 aliphatic heterocycles. The molecule has 0 aromatic rings. The zero-order valence-corrected chi connectivity index (χ0v) is 9.24. The topological polar surface area (TPSA) is 50.1 Å². The van der Waals surface area contributed by atoms with Gasteiger partial charge in [-0.15, -0.1) is 0 Å². The zero-order valence-electron chi connectivity index (χ0n) is 8.34. The molecule has 13 heavy (non-hydrogen) atoms. The maximum absolute atomic E-state index is 5.78. The number of hydrogen-bond acceptors (Lipinski definition) is 4. The lowest BCUT2D eigenvalue weighted by Crippen LogP contribution is -2.36. The van der Waals surface area contributed by atoms with Gasteiger partial charge < -0.3 is 16.4 Å². The first-order valence-corrected chi connectivity index (χ1v) is 5.32. The molecule has 78 valence electrons. The zero-order chi connectivity index (χ0) is 10.1. The molecule has 0 aromatic heterocycles. The van der Waals surface area contributed by atoms with Crippen molar-refractivity contribution in [1.82, 2.24) is 10.6 Å². The fraction of sp³-hybridized carbons (Fsp3) is 0.778. The predicted octanol–water partition coefficient (Wildman–Crippen LogP) is 0.346. The molecule has 1 atom stereocenters. The van der Waals surface area contributed by atoms with Gasteiger partial charge in [0.2, 0.25) is 0 Å². The van der Waals surface area contributed by atoms with Crippen LogP contribution in [0.2, 0.25) is 0 Å². The van der Waals surface area contributed by atoms with Crippen molar-refractivity contribution < 1.29 is 0 Å². The van der Waals surface area contributed by atoms with Crippen LogP contribution in [0.25, 0.3) is 0 Å². The molecule has 0 spiro atoms. The monoisotopic (exact) mass is 203 g/mol. The highest BCUT2D eigenvalue weighted by molar-refractivity contribution is 7.80. The summed E-state index contributed by atoms with van der Waals surface area (Å²) in [7, 11) is 0. The summed E-state index contributed by atoms with van der Waals surface area (Å²) in [5.41, 5.74) is 6.80. The molecule has 0 rings (SSSR count). The number of hydrogen-bond donors (Lipinski definition) is 4. The molecule has 0 radical (unpaired) electrons. The van der Waals surface area contributed by atoms with E-state index < -0.39 is 0 Å². The maximum atomic E-state index is 5.78. The van der Waals surface area contributed by atoms with Gasteiger partial charge in [0.05, 0.1) is 0 Å². The van der Waals surface area contributed by atoms with Gasteiger partial charge >= 0.3 is 0 Å². The molecule has 0 aromatic carbocycles. The Labute approximate surface area is 86.6 Å². The Hall–Kier alpha value is -0.190. The highest BCUT2D eigenvalue weighted by Gasteiger charge is 1.99. The summed E-state index contributed by atoms with van der Waals surface area (Å²) in [5.74, 6) is 0.844. The number of nitrogens with one attached hydrogen (secondary N) is 2. The van der Waals surface area contributed by atoms with E-state index in [9.17, 15) is 0 Å². The van der Waals surface area contributed by atoms with E-state index in [4.69, 9.17) is 5.73 Å². The molecule has 0 aliphatic rings. The van der Waals surface area contributed by atoms with Crippen LogP contribution in [-0.2, 0) is 0 Å². The van der Waals surface area contributed by atoms with Crippen LogP contribution in [0.15, 0.2) is 12.3 Å². The Bertz CT molecular complexity index is 139. The standard InChI is InChI=1S/C9H21N3S/c1-3-12-8(2)6-11-7-9(10)4-5-13/h9,11-13H,2-7,10H2,1H3. The fourth-order valence-electron chi connectivity index (χ4n) is 0.989. The van der Waals surface area contributed by atoms with Crippen LogP contribution in [0.5, 0.6) is 0 Å². The minimum atomic E-state index is 0.201. The number of thiol groups is 1. The molecule has 0 saturated carbocycles. The summed E-state index contributed by atoms with van der Waals surface area (Å²) in [6.07, 6.45) is 0.948. The molecule has 4 N–H and O–H groups in total. The van der Waals surface area contributed by atoms with Crippen molar-refractivity contribution in [2.45, 2.75) is 19.4 Å². The second kappa shape index (κ2) is 8.41. The third-order valence-electron chi connectivity index (χ3n) is 1.67. The Kier molecular flexibility index (Phi) is 8.29. The van der Waals surface area contributed by atoms with Crippen molar-refractivity contribution in [2.75, 3.05) is 25.4 Å². The summed E-state index contributed by atoms with van der Waals surface area (Å²) in [6, 6.07) is 0.201. The smallest absolute Gasteiger partial charge is 0.0348 e. The molecule has 0 aliphatic carbocycles. The highest BCUT2D eigenvalue weighted by atomic mass is 32.1. The van der Waals surface area contributed by atoms with Crippen molar-refractivity contribution in [1.29, 1.82) is 0 Å². The minimum absolute atomic E-state index is 0.201. The molecule has 0 bridgehead atoms. The lowest BCUT2D eigenvalue weighted by molar-refractivity contribution is 0.576. The van der Waals surface area contributed by atoms with Gasteiger partial charge in [0, 0.05) is 31.4 Å². The first kappa shape index (κ1) is 12.8. The SMILES string of the molecule is C=C(CNCC(N)CCS)NCC. The van der Waals surface area contributed by atoms with Crippen molar-refractivity contribution in [3.05, 3.63) is 12.3 Å². The fourth-order valence-corrected chi connectivity index (χ4v) is 1.32. The predicted molar refractivity (Wildman–Crippen MR) is 62.1 cm³/mol. The molecule has 3 nitrogen and oxygen atoms in total. The Balaban J connectivity index is 3.28. The van der Waals surface area contributed by atoms with E-state index in [0.717, 1.165) is 37.5 Å². The van der Waals surface area contributed by atoms with Gasteiger partial charge in [-0.1, -0.05) is 6.58 Å². The van der Waals surface area contributed by atoms with Gasteiger partial charge in [-0.25, -0.2) is 0 Å². The van der Waals surface area contributed by atoms with Crippen molar-refractivity contribution >= 4 is 12.6 Å².